The van der Waals surface area contributed by atoms with E-state index in [-0.39, 0.29) is 11.9 Å². The van der Waals surface area contributed by atoms with Gasteiger partial charge in [-0.2, -0.15) is 5.10 Å². The average Bonchev–Trinajstić information content (AvgIpc) is 2.62. The molecule has 2 rings (SSSR count). The summed E-state index contributed by atoms with van der Waals surface area (Å²) in [4.78, 5) is 0. The van der Waals surface area contributed by atoms with Crippen LogP contribution in [0.25, 0.3) is 0 Å². The highest BCUT2D eigenvalue weighted by atomic mass is 19.1. The first-order valence-electron chi connectivity index (χ1n) is 5.56. The first kappa shape index (κ1) is 11.8. The molecule has 90 valence electrons. The van der Waals surface area contributed by atoms with Crippen LogP contribution in [0.15, 0.2) is 30.5 Å². The molecule has 0 saturated carbocycles. The van der Waals surface area contributed by atoms with Gasteiger partial charge in [0.05, 0.1) is 17.9 Å². The van der Waals surface area contributed by atoms with Crippen molar-refractivity contribution in [2.75, 3.05) is 0 Å². The summed E-state index contributed by atoms with van der Waals surface area (Å²) < 4.78 is 14.6. The number of rotatable bonds is 3. The van der Waals surface area contributed by atoms with E-state index in [1.165, 1.54) is 12.1 Å². The zero-order valence-electron chi connectivity index (χ0n) is 10.0. The SMILES string of the molecule is Cc1cnn(C)c1C(N)Cc1ccc(F)cc1. The van der Waals surface area contributed by atoms with Gasteiger partial charge in [0.25, 0.3) is 0 Å². The van der Waals surface area contributed by atoms with Gasteiger partial charge in [0, 0.05) is 7.05 Å². The second kappa shape index (κ2) is 4.67. The molecule has 0 aliphatic heterocycles. The predicted molar refractivity (Wildman–Crippen MR) is 65.0 cm³/mol. The molecule has 0 bridgehead atoms. The van der Waals surface area contributed by atoms with Crippen molar-refractivity contribution < 1.29 is 4.39 Å². The Bertz CT molecular complexity index is 482. The third-order valence-electron chi connectivity index (χ3n) is 2.90. The van der Waals surface area contributed by atoms with Gasteiger partial charge >= 0.3 is 0 Å². The Morgan fingerprint density at radius 2 is 2.00 bits per heavy atom. The van der Waals surface area contributed by atoms with Crippen LogP contribution in [0.4, 0.5) is 4.39 Å². The first-order chi connectivity index (χ1) is 8.08. The summed E-state index contributed by atoms with van der Waals surface area (Å²) >= 11 is 0. The van der Waals surface area contributed by atoms with Crippen molar-refractivity contribution in [1.82, 2.24) is 9.78 Å². The van der Waals surface area contributed by atoms with E-state index < -0.39 is 0 Å². The Morgan fingerprint density at radius 1 is 1.35 bits per heavy atom. The number of benzene rings is 1. The van der Waals surface area contributed by atoms with Crippen molar-refractivity contribution >= 4 is 0 Å². The average molecular weight is 233 g/mol. The van der Waals surface area contributed by atoms with Crippen molar-refractivity contribution in [3.05, 3.63) is 53.1 Å². The van der Waals surface area contributed by atoms with Gasteiger partial charge in [-0.3, -0.25) is 4.68 Å². The Balaban J connectivity index is 2.17. The van der Waals surface area contributed by atoms with Gasteiger partial charge < -0.3 is 5.73 Å². The lowest BCUT2D eigenvalue weighted by Crippen LogP contribution is -2.18. The van der Waals surface area contributed by atoms with Gasteiger partial charge in [-0.05, 0) is 36.6 Å². The van der Waals surface area contributed by atoms with Crippen LogP contribution in [-0.2, 0) is 13.5 Å². The van der Waals surface area contributed by atoms with E-state index in [0.717, 1.165) is 16.8 Å². The van der Waals surface area contributed by atoms with Crippen LogP contribution in [0, 0.1) is 12.7 Å². The highest BCUT2D eigenvalue weighted by molar-refractivity contribution is 5.23. The van der Waals surface area contributed by atoms with Crippen LogP contribution >= 0.6 is 0 Å². The molecule has 4 heteroatoms. The van der Waals surface area contributed by atoms with Crippen molar-refractivity contribution in [3.8, 4) is 0 Å². The summed E-state index contributed by atoms with van der Waals surface area (Å²) in [7, 11) is 1.88. The van der Waals surface area contributed by atoms with Crippen LogP contribution < -0.4 is 5.73 Å². The number of hydrogen-bond donors (Lipinski definition) is 1. The second-order valence-corrected chi connectivity index (χ2v) is 4.27. The molecule has 0 spiro atoms. The maximum Gasteiger partial charge on any atom is 0.123 e. The Labute approximate surface area is 100 Å². The fourth-order valence-electron chi connectivity index (χ4n) is 2.06. The molecule has 1 aromatic carbocycles. The van der Waals surface area contributed by atoms with E-state index in [9.17, 15) is 4.39 Å². The van der Waals surface area contributed by atoms with E-state index >= 15 is 0 Å². The van der Waals surface area contributed by atoms with Gasteiger partial charge in [0.15, 0.2) is 0 Å². The Morgan fingerprint density at radius 3 is 2.53 bits per heavy atom. The van der Waals surface area contributed by atoms with Crippen LogP contribution in [0.5, 0.6) is 0 Å². The van der Waals surface area contributed by atoms with E-state index in [4.69, 9.17) is 5.73 Å². The third-order valence-corrected chi connectivity index (χ3v) is 2.90. The molecule has 1 unspecified atom stereocenters. The minimum atomic E-state index is -0.223. The molecule has 2 N–H and O–H groups in total. The van der Waals surface area contributed by atoms with Gasteiger partial charge in [0.1, 0.15) is 5.82 Å². The second-order valence-electron chi connectivity index (χ2n) is 4.27. The number of nitrogens with two attached hydrogens (primary N) is 1. The maximum absolute atomic E-state index is 12.8. The first-order valence-corrected chi connectivity index (χ1v) is 5.56. The van der Waals surface area contributed by atoms with E-state index in [0.29, 0.717) is 6.42 Å². The summed E-state index contributed by atoms with van der Waals surface area (Å²) in [5.74, 6) is -0.223. The number of aromatic nitrogens is 2. The van der Waals surface area contributed by atoms with Crippen molar-refractivity contribution in [1.29, 1.82) is 0 Å². The minimum absolute atomic E-state index is 0.118. The van der Waals surface area contributed by atoms with E-state index in [2.05, 4.69) is 5.10 Å². The molecule has 0 amide bonds. The zero-order chi connectivity index (χ0) is 12.4. The highest BCUT2D eigenvalue weighted by Crippen LogP contribution is 2.18. The van der Waals surface area contributed by atoms with Crippen LogP contribution in [0.3, 0.4) is 0 Å². The zero-order valence-corrected chi connectivity index (χ0v) is 10.0. The Kier molecular flexibility index (Phi) is 3.24. The lowest BCUT2D eigenvalue weighted by Gasteiger charge is -2.13. The van der Waals surface area contributed by atoms with Crippen molar-refractivity contribution in [2.24, 2.45) is 12.8 Å². The number of halogens is 1. The lowest BCUT2D eigenvalue weighted by molar-refractivity contribution is 0.609. The van der Waals surface area contributed by atoms with E-state index in [1.54, 1.807) is 23.0 Å². The molecule has 1 heterocycles. The number of aryl methyl sites for hydroxylation is 2. The summed E-state index contributed by atoms with van der Waals surface area (Å²) in [5.41, 5.74) is 9.29. The number of hydrogen-bond acceptors (Lipinski definition) is 2. The quantitative estimate of drug-likeness (QED) is 0.882. The summed E-state index contributed by atoms with van der Waals surface area (Å²) in [6, 6.07) is 6.32. The molecule has 3 nitrogen and oxygen atoms in total. The van der Waals surface area contributed by atoms with Gasteiger partial charge in [0.2, 0.25) is 0 Å². The molecule has 17 heavy (non-hydrogen) atoms. The molecule has 0 fully saturated rings. The fraction of sp³-hybridized carbons (Fsp3) is 0.308. The van der Waals surface area contributed by atoms with Gasteiger partial charge in [-0.25, -0.2) is 4.39 Å². The van der Waals surface area contributed by atoms with Crippen LogP contribution in [0.1, 0.15) is 22.9 Å². The minimum Gasteiger partial charge on any atom is -0.322 e. The van der Waals surface area contributed by atoms with Gasteiger partial charge in [-0.15, -0.1) is 0 Å². The van der Waals surface area contributed by atoms with Gasteiger partial charge in [-0.1, -0.05) is 12.1 Å². The third kappa shape index (κ3) is 2.53. The molecular formula is C13H16FN3. The molecule has 2 aromatic rings. The molecular weight excluding hydrogens is 217 g/mol. The van der Waals surface area contributed by atoms with Crippen LogP contribution in [-0.4, -0.2) is 9.78 Å². The highest BCUT2D eigenvalue weighted by Gasteiger charge is 2.14. The molecule has 0 saturated heterocycles. The lowest BCUT2D eigenvalue weighted by atomic mass is 10.0. The summed E-state index contributed by atoms with van der Waals surface area (Å²) in [6.07, 6.45) is 2.49. The fourth-order valence-corrected chi connectivity index (χ4v) is 2.06. The normalized spacial score (nSPS) is 12.7. The largest absolute Gasteiger partial charge is 0.322 e. The van der Waals surface area contributed by atoms with E-state index in [1.807, 2.05) is 14.0 Å². The van der Waals surface area contributed by atoms with Crippen molar-refractivity contribution in [3.63, 3.8) is 0 Å². The van der Waals surface area contributed by atoms with Crippen molar-refractivity contribution in [2.45, 2.75) is 19.4 Å². The summed E-state index contributed by atoms with van der Waals surface area (Å²) in [5, 5.41) is 4.17. The molecule has 1 aromatic heterocycles. The maximum atomic E-state index is 12.8. The molecule has 1 atom stereocenters. The molecule has 0 radical (unpaired) electrons. The molecule has 0 aliphatic rings. The molecule has 0 aliphatic carbocycles. The predicted octanol–water partition coefficient (Wildman–Crippen LogP) is 2.11. The number of nitrogens with zero attached hydrogens (tertiary/aromatic N) is 2. The topological polar surface area (TPSA) is 43.8 Å². The Hall–Kier alpha value is -1.68. The summed E-state index contributed by atoms with van der Waals surface area (Å²) in [6.45, 7) is 1.99. The monoisotopic (exact) mass is 233 g/mol. The van der Waals surface area contributed by atoms with Crippen LogP contribution in [0.2, 0.25) is 0 Å². The smallest absolute Gasteiger partial charge is 0.123 e. The standard InChI is InChI=1S/C13H16FN3/c1-9-8-16-17(2)13(9)12(15)7-10-3-5-11(14)6-4-10/h3-6,8,12H,7,15H2,1-2H3.